The van der Waals surface area contributed by atoms with E-state index in [4.69, 9.17) is 27.7 Å². The highest BCUT2D eigenvalue weighted by atomic mass is 35.5. The molecule has 1 N–H and O–H groups in total. The fourth-order valence-electron chi connectivity index (χ4n) is 1.29. The molecule has 6 heteroatoms. The normalized spacial score (nSPS) is 10.3. The summed E-state index contributed by atoms with van der Waals surface area (Å²) in [6, 6.07) is 6.32. The topological polar surface area (TPSA) is 55.1 Å². The molecular formula is C11H8Cl2N2O2. The molecule has 2 rings (SSSR count). The Morgan fingerprint density at radius 3 is 2.41 bits per heavy atom. The van der Waals surface area contributed by atoms with Crippen LogP contribution >= 0.6 is 23.2 Å². The molecule has 4 nitrogen and oxygen atoms in total. The number of benzene rings is 1. The molecule has 17 heavy (non-hydrogen) atoms. The largest absolute Gasteiger partial charge is 0.361 e. The zero-order valence-electron chi connectivity index (χ0n) is 8.83. The Hall–Kier alpha value is -1.52. The number of rotatable bonds is 2. The maximum absolute atomic E-state index is 11.7. The number of halogens is 2. The summed E-state index contributed by atoms with van der Waals surface area (Å²) >= 11 is 11.6. The number of nitrogens with zero attached hydrogens (tertiary/aromatic N) is 1. The second-order valence-electron chi connectivity index (χ2n) is 3.44. The molecule has 0 saturated carbocycles. The van der Waals surface area contributed by atoms with Crippen molar-refractivity contribution in [3.05, 3.63) is 45.8 Å². The molecular weight excluding hydrogens is 263 g/mol. The van der Waals surface area contributed by atoms with E-state index in [0.29, 0.717) is 21.5 Å². The maximum atomic E-state index is 11.7. The Morgan fingerprint density at radius 2 is 1.88 bits per heavy atom. The SMILES string of the molecule is Cc1cc(C(=O)Nc2cc(Cl)cc(Cl)c2)no1. The summed E-state index contributed by atoms with van der Waals surface area (Å²) in [5.41, 5.74) is 0.715. The maximum Gasteiger partial charge on any atom is 0.277 e. The van der Waals surface area contributed by atoms with Gasteiger partial charge in [-0.1, -0.05) is 28.4 Å². The van der Waals surface area contributed by atoms with Crippen molar-refractivity contribution >= 4 is 34.8 Å². The number of hydrogen-bond donors (Lipinski definition) is 1. The minimum atomic E-state index is -0.375. The van der Waals surface area contributed by atoms with Crippen molar-refractivity contribution in [1.82, 2.24) is 5.16 Å². The highest BCUT2D eigenvalue weighted by Gasteiger charge is 2.11. The molecule has 1 aromatic carbocycles. The summed E-state index contributed by atoms with van der Waals surface area (Å²) in [4.78, 5) is 11.7. The lowest BCUT2D eigenvalue weighted by molar-refractivity contribution is 0.101. The van der Waals surface area contributed by atoms with E-state index >= 15 is 0 Å². The van der Waals surface area contributed by atoms with Crippen LogP contribution in [-0.2, 0) is 0 Å². The van der Waals surface area contributed by atoms with Crippen LogP contribution in [0.15, 0.2) is 28.8 Å². The second-order valence-corrected chi connectivity index (χ2v) is 4.31. The van der Waals surface area contributed by atoms with Gasteiger partial charge in [0.05, 0.1) is 0 Å². The van der Waals surface area contributed by atoms with E-state index in [-0.39, 0.29) is 11.6 Å². The number of amides is 1. The summed E-state index contributed by atoms with van der Waals surface area (Å²) in [5.74, 6) is 0.194. The van der Waals surface area contributed by atoms with Gasteiger partial charge in [-0.25, -0.2) is 0 Å². The summed E-state index contributed by atoms with van der Waals surface area (Å²) < 4.78 is 4.81. The van der Waals surface area contributed by atoms with E-state index < -0.39 is 0 Å². The fraction of sp³-hybridized carbons (Fsp3) is 0.0909. The van der Waals surface area contributed by atoms with Crippen molar-refractivity contribution in [1.29, 1.82) is 0 Å². The summed E-state index contributed by atoms with van der Waals surface area (Å²) in [5, 5.41) is 7.12. The lowest BCUT2D eigenvalue weighted by Gasteiger charge is -2.03. The van der Waals surface area contributed by atoms with Crippen molar-refractivity contribution < 1.29 is 9.32 Å². The van der Waals surface area contributed by atoms with Gasteiger partial charge in [0.1, 0.15) is 5.76 Å². The Bertz CT molecular complexity index is 546. The molecule has 0 aliphatic carbocycles. The van der Waals surface area contributed by atoms with Gasteiger partial charge in [0.15, 0.2) is 5.69 Å². The van der Waals surface area contributed by atoms with Crippen LogP contribution in [0.1, 0.15) is 16.2 Å². The molecule has 0 saturated heterocycles. The van der Waals surface area contributed by atoms with Gasteiger partial charge in [-0.2, -0.15) is 0 Å². The van der Waals surface area contributed by atoms with Gasteiger partial charge in [-0.3, -0.25) is 4.79 Å². The molecule has 1 heterocycles. The first-order valence-electron chi connectivity index (χ1n) is 4.75. The van der Waals surface area contributed by atoms with Crippen molar-refractivity contribution in [3.8, 4) is 0 Å². The first-order chi connectivity index (χ1) is 8.04. The average molecular weight is 271 g/mol. The molecule has 0 spiro atoms. The van der Waals surface area contributed by atoms with E-state index in [0.717, 1.165) is 0 Å². The van der Waals surface area contributed by atoms with E-state index in [1.807, 2.05) is 0 Å². The number of hydrogen-bond acceptors (Lipinski definition) is 3. The van der Waals surface area contributed by atoms with Gasteiger partial charge < -0.3 is 9.84 Å². The molecule has 0 atom stereocenters. The van der Waals surface area contributed by atoms with Crippen LogP contribution in [-0.4, -0.2) is 11.1 Å². The second kappa shape index (κ2) is 4.77. The number of carbonyl (C=O) groups is 1. The van der Waals surface area contributed by atoms with Gasteiger partial charge in [-0.15, -0.1) is 0 Å². The summed E-state index contributed by atoms with van der Waals surface area (Å²) in [6.45, 7) is 1.71. The van der Waals surface area contributed by atoms with Crippen LogP contribution in [0, 0.1) is 6.92 Å². The Labute approximate surface area is 108 Å². The van der Waals surface area contributed by atoms with Crippen molar-refractivity contribution in [2.75, 3.05) is 5.32 Å². The van der Waals surface area contributed by atoms with E-state index in [2.05, 4.69) is 10.5 Å². The molecule has 0 radical (unpaired) electrons. The monoisotopic (exact) mass is 270 g/mol. The van der Waals surface area contributed by atoms with Crippen LogP contribution in [0.3, 0.4) is 0 Å². The molecule has 1 amide bonds. The third-order valence-electron chi connectivity index (χ3n) is 1.98. The van der Waals surface area contributed by atoms with Crippen molar-refractivity contribution in [2.24, 2.45) is 0 Å². The molecule has 88 valence electrons. The average Bonchev–Trinajstić information content (AvgIpc) is 2.63. The molecule has 0 aliphatic heterocycles. The highest BCUT2D eigenvalue weighted by Crippen LogP contribution is 2.22. The lowest BCUT2D eigenvalue weighted by Crippen LogP contribution is -2.12. The lowest BCUT2D eigenvalue weighted by atomic mass is 10.3. The zero-order valence-corrected chi connectivity index (χ0v) is 10.3. The van der Waals surface area contributed by atoms with Crippen LogP contribution in [0.2, 0.25) is 10.0 Å². The quantitative estimate of drug-likeness (QED) is 0.908. The van der Waals surface area contributed by atoms with Gasteiger partial charge in [0, 0.05) is 21.8 Å². The number of aromatic nitrogens is 1. The first-order valence-corrected chi connectivity index (χ1v) is 5.51. The number of nitrogens with one attached hydrogen (secondary N) is 1. The molecule has 0 unspecified atom stereocenters. The summed E-state index contributed by atoms with van der Waals surface area (Å²) in [7, 11) is 0. The molecule has 0 fully saturated rings. The Balaban J connectivity index is 2.18. The third kappa shape index (κ3) is 2.99. The highest BCUT2D eigenvalue weighted by molar-refractivity contribution is 6.35. The Kier molecular flexibility index (Phi) is 3.36. The van der Waals surface area contributed by atoms with Gasteiger partial charge in [0.2, 0.25) is 0 Å². The molecule has 0 aliphatic rings. The molecule has 0 bridgehead atoms. The summed E-state index contributed by atoms with van der Waals surface area (Å²) in [6.07, 6.45) is 0. The van der Waals surface area contributed by atoms with Gasteiger partial charge >= 0.3 is 0 Å². The first kappa shape index (κ1) is 12.0. The molecule has 1 aromatic heterocycles. The third-order valence-corrected chi connectivity index (χ3v) is 2.42. The molecule has 2 aromatic rings. The van der Waals surface area contributed by atoms with Crippen LogP contribution in [0.5, 0.6) is 0 Å². The van der Waals surface area contributed by atoms with Crippen LogP contribution < -0.4 is 5.32 Å². The minimum Gasteiger partial charge on any atom is -0.361 e. The van der Waals surface area contributed by atoms with Crippen molar-refractivity contribution in [3.63, 3.8) is 0 Å². The fourth-order valence-corrected chi connectivity index (χ4v) is 1.82. The van der Waals surface area contributed by atoms with Crippen LogP contribution in [0.4, 0.5) is 5.69 Å². The van der Waals surface area contributed by atoms with E-state index in [1.165, 1.54) is 0 Å². The van der Waals surface area contributed by atoms with Gasteiger partial charge in [0.25, 0.3) is 5.91 Å². The number of aryl methyl sites for hydroxylation is 1. The minimum absolute atomic E-state index is 0.207. The van der Waals surface area contributed by atoms with E-state index in [9.17, 15) is 4.79 Å². The number of carbonyl (C=O) groups excluding carboxylic acids is 1. The predicted molar refractivity (Wildman–Crippen MR) is 65.7 cm³/mol. The smallest absolute Gasteiger partial charge is 0.277 e. The number of anilines is 1. The zero-order chi connectivity index (χ0) is 12.4. The standard InChI is InChI=1S/C11H8Cl2N2O2/c1-6-2-10(15-17-6)11(16)14-9-4-7(12)3-8(13)5-9/h2-5H,1H3,(H,14,16). The Morgan fingerprint density at radius 1 is 1.24 bits per heavy atom. The van der Waals surface area contributed by atoms with E-state index in [1.54, 1.807) is 31.2 Å². The van der Waals surface area contributed by atoms with Gasteiger partial charge in [-0.05, 0) is 25.1 Å². The van der Waals surface area contributed by atoms with Crippen molar-refractivity contribution in [2.45, 2.75) is 6.92 Å². The predicted octanol–water partition coefficient (Wildman–Crippen LogP) is 3.54. The van der Waals surface area contributed by atoms with Crippen LogP contribution in [0.25, 0.3) is 0 Å².